The summed E-state index contributed by atoms with van der Waals surface area (Å²) in [6.45, 7) is 0.658. The lowest BCUT2D eigenvalue weighted by Gasteiger charge is -2.27. The van der Waals surface area contributed by atoms with Crippen LogP contribution in [-0.2, 0) is 15.7 Å². The van der Waals surface area contributed by atoms with Gasteiger partial charge in [-0.25, -0.2) is 4.79 Å². The number of anilines is 2. The van der Waals surface area contributed by atoms with E-state index in [1.54, 1.807) is 0 Å². The van der Waals surface area contributed by atoms with Gasteiger partial charge in [0.1, 0.15) is 5.75 Å². The van der Waals surface area contributed by atoms with Crippen molar-refractivity contribution in [3.63, 3.8) is 0 Å². The maximum atomic E-state index is 13.7. The number of alkyl halides is 6. The first-order valence-corrected chi connectivity index (χ1v) is 10.2. The predicted molar refractivity (Wildman–Crippen MR) is 113 cm³/mol. The lowest BCUT2D eigenvalue weighted by molar-refractivity contribution is -0.212. The van der Waals surface area contributed by atoms with Crippen molar-refractivity contribution in [1.82, 2.24) is 0 Å². The van der Waals surface area contributed by atoms with E-state index >= 15 is 0 Å². The largest absolute Gasteiger partial charge is 0.433 e. The number of primary amides is 1. The van der Waals surface area contributed by atoms with Crippen LogP contribution in [0.2, 0.25) is 5.02 Å². The minimum atomic E-state index is -5.08. The number of nitrogens with one attached hydrogen (secondary N) is 1. The van der Waals surface area contributed by atoms with Crippen LogP contribution in [0.1, 0.15) is 16.7 Å². The number of ether oxygens (including phenoxy) is 2. The Morgan fingerprint density at radius 2 is 1.89 bits per heavy atom. The van der Waals surface area contributed by atoms with Crippen LogP contribution in [-0.4, -0.2) is 37.1 Å². The van der Waals surface area contributed by atoms with E-state index in [1.807, 2.05) is 0 Å². The average Bonchev–Trinajstić information content (AvgIpc) is 3.24. The number of nitrogens with zero attached hydrogens (tertiary/aromatic N) is 2. The van der Waals surface area contributed by atoms with E-state index < -0.39 is 60.0 Å². The second-order valence-electron chi connectivity index (χ2n) is 7.47. The van der Waals surface area contributed by atoms with Crippen LogP contribution in [0.15, 0.2) is 30.3 Å². The van der Waals surface area contributed by atoms with Crippen molar-refractivity contribution < 1.29 is 45.4 Å². The summed E-state index contributed by atoms with van der Waals surface area (Å²) in [5, 5.41) is 11.1. The number of carbonyl (C=O) groups is 2. The number of nitriles is 1. The maximum Gasteiger partial charge on any atom is 0.433 e. The van der Waals surface area contributed by atoms with Crippen molar-refractivity contribution in [1.29, 1.82) is 5.26 Å². The zero-order valence-electron chi connectivity index (χ0n) is 18.0. The van der Waals surface area contributed by atoms with Gasteiger partial charge in [0.2, 0.25) is 6.23 Å². The van der Waals surface area contributed by atoms with E-state index in [1.165, 1.54) is 25.1 Å². The van der Waals surface area contributed by atoms with Crippen molar-refractivity contribution in [2.75, 3.05) is 16.8 Å². The zero-order chi connectivity index (χ0) is 27.0. The van der Waals surface area contributed by atoms with Crippen molar-refractivity contribution in [2.24, 2.45) is 5.73 Å². The summed E-state index contributed by atoms with van der Waals surface area (Å²) in [5.41, 5.74) is 2.30. The van der Waals surface area contributed by atoms with E-state index in [0.29, 0.717) is 11.0 Å². The molecule has 0 radical (unpaired) electrons. The van der Waals surface area contributed by atoms with Crippen LogP contribution in [0, 0.1) is 18.3 Å². The molecule has 2 aromatic rings. The number of benzene rings is 2. The summed E-state index contributed by atoms with van der Waals surface area (Å²) in [7, 11) is 0. The van der Waals surface area contributed by atoms with Crippen molar-refractivity contribution in [3.8, 4) is 11.8 Å². The highest BCUT2D eigenvalue weighted by molar-refractivity contribution is 6.34. The first-order valence-electron chi connectivity index (χ1n) is 9.81. The summed E-state index contributed by atoms with van der Waals surface area (Å²) >= 11 is 6.14. The van der Waals surface area contributed by atoms with Gasteiger partial charge in [-0.3, -0.25) is 4.79 Å². The van der Waals surface area contributed by atoms with Crippen molar-refractivity contribution >= 4 is 35.0 Å². The number of carbonyl (C=O) groups excluding carboxylic acids is 2. The number of hydrogen-bond acceptors (Lipinski definition) is 6. The van der Waals surface area contributed by atoms with Gasteiger partial charge in [0, 0.05) is 11.3 Å². The van der Waals surface area contributed by atoms with Crippen molar-refractivity contribution in [2.45, 2.75) is 31.6 Å². The number of amides is 2. The van der Waals surface area contributed by atoms with Gasteiger partial charge in [0.25, 0.3) is 5.91 Å². The molecule has 1 saturated heterocycles. The normalized spacial score (nSPS) is 18.0. The van der Waals surface area contributed by atoms with Crippen LogP contribution in [0.4, 0.5) is 42.5 Å². The quantitative estimate of drug-likeness (QED) is 0.546. The molecule has 0 spiro atoms. The maximum absolute atomic E-state index is 13.7. The zero-order valence-corrected chi connectivity index (χ0v) is 18.8. The fourth-order valence-corrected chi connectivity index (χ4v) is 3.63. The molecule has 0 unspecified atom stereocenters. The third-order valence-electron chi connectivity index (χ3n) is 5.08. The number of halogens is 7. The molecule has 2 amide bonds. The molecule has 0 aromatic heterocycles. The predicted octanol–water partition coefficient (Wildman–Crippen LogP) is 4.73. The molecule has 2 aromatic carbocycles. The Kier molecular flexibility index (Phi) is 7.28. The van der Waals surface area contributed by atoms with E-state index in [0.717, 1.165) is 12.1 Å². The van der Waals surface area contributed by atoms with Gasteiger partial charge in [0.15, 0.2) is 6.10 Å². The molecular formula is C21H15ClF6N4O4. The summed E-state index contributed by atoms with van der Waals surface area (Å²) in [6.07, 6.45) is -15.7. The molecule has 1 aliphatic heterocycles. The molecule has 1 heterocycles. The highest BCUT2D eigenvalue weighted by Gasteiger charge is 2.52. The summed E-state index contributed by atoms with van der Waals surface area (Å²) in [4.78, 5) is 24.1. The Hall–Kier alpha value is -3.70. The fraction of sp³-hybridized carbons (Fsp3) is 0.286. The molecule has 0 aliphatic carbocycles. The first kappa shape index (κ1) is 26.9. The Bertz CT molecular complexity index is 1240. The van der Waals surface area contributed by atoms with E-state index in [2.05, 4.69) is 5.32 Å². The van der Waals surface area contributed by atoms with Crippen molar-refractivity contribution in [3.05, 3.63) is 52.0 Å². The molecular weight excluding hydrogens is 522 g/mol. The molecule has 0 saturated carbocycles. The molecule has 0 bridgehead atoms. The number of hydrogen-bond donors (Lipinski definition) is 2. The lowest BCUT2D eigenvalue weighted by atomic mass is 10.1. The van der Waals surface area contributed by atoms with Crippen LogP contribution in [0.25, 0.3) is 0 Å². The van der Waals surface area contributed by atoms with Crippen LogP contribution in [0.3, 0.4) is 0 Å². The molecule has 2 atom stereocenters. The standard InChI is InChI=1S/C21H15ClF6N4O4/c1-9-14(36-19(30)34)5-4-13(16(9)22)31-17(33)15-8-32(18(35-15)21(26,27)28)11-3-2-10(7-29)12(6-11)20(23,24)25/h2-6,15,18H,8H2,1H3,(H2,30,34)(H,31,33)/t15-,18+/m0/s1. The van der Waals surface area contributed by atoms with Crippen LogP contribution in [0.5, 0.6) is 5.75 Å². The first-order chi connectivity index (χ1) is 16.6. The fourth-order valence-electron chi connectivity index (χ4n) is 3.42. The van der Waals surface area contributed by atoms with Gasteiger partial charge in [-0.15, -0.1) is 0 Å². The summed E-state index contributed by atoms with van der Waals surface area (Å²) < 4.78 is 90.5. The second kappa shape index (κ2) is 9.75. The van der Waals surface area contributed by atoms with Crippen LogP contribution < -0.4 is 20.7 Å². The second-order valence-corrected chi connectivity index (χ2v) is 7.85. The minimum absolute atomic E-state index is 0.0211. The van der Waals surface area contributed by atoms with Gasteiger partial charge >= 0.3 is 18.4 Å². The topological polar surface area (TPSA) is 118 Å². The third kappa shape index (κ3) is 5.58. The molecule has 3 rings (SSSR count). The van der Waals surface area contributed by atoms with Gasteiger partial charge < -0.3 is 25.4 Å². The van der Waals surface area contributed by atoms with Crippen LogP contribution >= 0.6 is 11.6 Å². The Morgan fingerprint density at radius 1 is 1.22 bits per heavy atom. The van der Waals surface area contributed by atoms with Gasteiger partial charge in [-0.1, -0.05) is 11.6 Å². The lowest BCUT2D eigenvalue weighted by Crippen LogP contribution is -2.42. The smallest absolute Gasteiger partial charge is 0.410 e. The molecule has 1 fully saturated rings. The van der Waals surface area contributed by atoms with E-state index in [-0.39, 0.29) is 22.0 Å². The van der Waals surface area contributed by atoms with E-state index in [9.17, 15) is 35.9 Å². The summed E-state index contributed by atoms with van der Waals surface area (Å²) in [5.74, 6) is -1.09. The number of nitrogens with two attached hydrogens (primary N) is 1. The molecule has 192 valence electrons. The Balaban J connectivity index is 1.89. The van der Waals surface area contributed by atoms with Gasteiger partial charge in [-0.2, -0.15) is 31.6 Å². The van der Waals surface area contributed by atoms with Gasteiger partial charge in [-0.05, 0) is 37.3 Å². The minimum Gasteiger partial charge on any atom is -0.410 e. The third-order valence-corrected chi connectivity index (χ3v) is 5.56. The average molecular weight is 537 g/mol. The molecule has 3 N–H and O–H groups in total. The molecule has 1 aliphatic rings. The number of rotatable bonds is 4. The van der Waals surface area contributed by atoms with E-state index in [4.69, 9.17) is 32.1 Å². The van der Waals surface area contributed by atoms with Gasteiger partial charge in [0.05, 0.1) is 34.5 Å². The molecule has 8 nitrogen and oxygen atoms in total. The molecule has 15 heteroatoms. The monoisotopic (exact) mass is 536 g/mol. The Labute approximate surface area is 204 Å². The highest BCUT2D eigenvalue weighted by Crippen LogP contribution is 2.39. The molecule has 36 heavy (non-hydrogen) atoms. The highest BCUT2D eigenvalue weighted by atomic mass is 35.5. The summed E-state index contributed by atoms with van der Waals surface area (Å²) in [6, 6.07) is 5.79. The Morgan fingerprint density at radius 3 is 2.44 bits per heavy atom. The SMILES string of the molecule is Cc1c(OC(N)=O)ccc(NC(=O)[C@@H]2CN(c3ccc(C#N)c(C(F)(F)F)c3)[C@@H](C(F)(F)F)O2)c1Cl.